The second kappa shape index (κ2) is 14.6. The molecule has 0 unspecified atom stereocenters. The highest BCUT2D eigenvalue weighted by molar-refractivity contribution is 7.86. The number of rotatable bonds is 15. The van der Waals surface area contributed by atoms with Crippen LogP contribution >= 0.6 is 0 Å². The van der Waals surface area contributed by atoms with Crippen molar-refractivity contribution in [1.82, 2.24) is 0 Å². The number of carbonyl (C=O) groups excluding carboxylic acids is 1. The van der Waals surface area contributed by atoms with E-state index in [4.69, 9.17) is 4.18 Å². The fourth-order valence-electron chi connectivity index (χ4n) is 5.50. The highest BCUT2D eigenvalue weighted by atomic mass is 32.2. The van der Waals surface area contributed by atoms with Gasteiger partial charge in [-0.25, -0.2) is 0 Å². The Bertz CT molecular complexity index is 1720. The summed E-state index contributed by atoms with van der Waals surface area (Å²) in [6.07, 6.45) is 13.8. The minimum atomic E-state index is -4.31. The summed E-state index contributed by atoms with van der Waals surface area (Å²) in [6.45, 7) is 11.4. The Morgan fingerprint density at radius 3 is 2.32 bits per heavy atom. The van der Waals surface area contributed by atoms with Gasteiger partial charge in [-0.15, -0.1) is 0 Å². The van der Waals surface area contributed by atoms with E-state index in [1.165, 1.54) is 12.1 Å². The third kappa shape index (κ3) is 8.01. The van der Waals surface area contributed by atoms with Gasteiger partial charge in [0, 0.05) is 42.1 Å². The summed E-state index contributed by atoms with van der Waals surface area (Å²) >= 11 is 0. The summed E-state index contributed by atoms with van der Waals surface area (Å²) in [5.74, 6) is 0. The quantitative estimate of drug-likeness (QED) is 0.0604. The van der Waals surface area contributed by atoms with Crippen molar-refractivity contribution in [3.63, 3.8) is 0 Å². The lowest BCUT2D eigenvalue weighted by molar-refractivity contribution is -0.433. The van der Waals surface area contributed by atoms with Gasteiger partial charge in [-0.2, -0.15) is 21.4 Å². The zero-order valence-corrected chi connectivity index (χ0v) is 27.9. The SMILES string of the molecule is CC[N+]1=C(/C=C/C=C/C=C(\C)N(CCCCCC=O)c2ccc(S(=O)(=O)O)cc2C)C(C)(C)c2cc(S(=O)(=O)OC)ccc21. The lowest BCUT2D eigenvalue weighted by Crippen LogP contribution is -2.27. The second-order valence-corrected chi connectivity index (χ2v) is 14.3. The molecule has 0 radical (unpaired) electrons. The number of anilines is 1. The van der Waals surface area contributed by atoms with Gasteiger partial charge >= 0.3 is 0 Å². The number of unbranched alkanes of at least 4 members (excludes halogenated alkanes) is 3. The molecule has 0 saturated carbocycles. The van der Waals surface area contributed by atoms with E-state index < -0.39 is 25.7 Å². The molecule has 1 aliphatic heterocycles. The smallest absolute Gasteiger partial charge is 0.296 e. The molecule has 2 aromatic carbocycles. The molecule has 2 aromatic rings. The van der Waals surface area contributed by atoms with E-state index in [9.17, 15) is 26.2 Å². The molecular weight excluding hydrogens is 601 g/mol. The standard InChI is InChI=1S/C33H42N2O7S2/c1-7-34-31-20-18-28(44(40,41)42-6)24-29(31)33(4,5)32(34)16-12-10-11-15-26(3)35(21-13-8-9-14-22-36)30-19-17-27(23-25(30)2)43(37,38)39/h10-12,15-20,22-24H,7-9,13-14,21H2,1-6H3/p+1. The molecule has 238 valence electrons. The maximum absolute atomic E-state index is 12.3. The van der Waals surface area contributed by atoms with Crippen molar-refractivity contribution in [2.24, 2.45) is 0 Å². The van der Waals surface area contributed by atoms with Gasteiger partial charge in [0.15, 0.2) is 5.71 Å². The maximum atomic E-state index is 12.3. The lowest BCUT2D eigenvalue weighted by atomic mass is 9.81. The van der Waals surface area contributed by atoms with Crippen molar-refractivity contribution in [3.8, 4) is 0 Å². The number of nitrogens with zero attached hydrogens (tertiary/aromatic N) is 2. The summed E-state index contributed by atoms with van der Waals surface area (Å²) in [4.78, 5) is 12.8. The molecular formula is C33H43N2O7S2+. The van der Waals surface area contributed by atoms with Crippen LogP contribution in [0, 0.1) is 6.92 Å². The average molecular weight is 644 g/mol. The fraction of sp³-hybridized carbons (Fsp3) is 0.394. The molecule has 3 rings (SSSR count). The van der Waals surface area contributed by atoms with Crippen LogP contribution in [-0.2, 0) is 34.6 Å². The van der Waals surface area contributed by atoms with E-state index in [1.807, 2.05) is 43.4 Å². The Kier molecular flexibility index (Phi) is 11.6. The first-order chi connectivity index (χ1) is 20.7. The summed E-state index contributed by atoms with van der Waals surface area (Å²) in [7, 11) is -6.96. The molecule has 44 heavy (non-hydrogen) atoms. The van der Waals surface area contributed by atoms with Gasteiger partial charge in [-0.3, -0.25) is 8.74 Å². The average Bonchev–Trinajstić information content (AvgIpc) is 3.19. The second-order valence-electron chi connectivity index (χ2n) is 11.2. The summed E-state index contributed by atoms with van der Waals surface area (Å²) in [5, 5.41) is 0. The number of fused-ring (bicyclic) bond motifs is 1. The number of allylic oxidation sites excluding steroid dienone is 6. The van der Waals surface area contributed by atoms with E-state index in [0.29, 0.717) is 25.1 Å². The van der Waals surface area contributed by atoms with Crippen molar-refractivity contribution >= 4 is 43.6 Å². The number of aryl methyl sites for hydroxylation is 1. The van der Waals surface area contributed by atoms with E-state index in [-0.39, 0.29) is 9.79 Å². The Morgan fingerprint density at radius 1 is 1.00 bits per heavy atom. The van der Waals surface area contributed by atoms with Crippen LogP contribution in [0.3, 0.4) is 0 Å². The molecule has 0 bridgehead atoms. The van der Waals surface area contributed by atoms with Crippen LogP contribution in [0.25, 0.3) is 0 Å². The largest absolute Gasteiger partial charge is 0.345 e. The third-order valence-corrected chi connectivity index (χ3v) is 10.0. The van der Waals surface area contributed by atoms with E-state index in [1.54, 1.807) is 25.1 Å². The number of aldehydes is 1. The van der Waals surface area contributed by atoms with Gasteiger partial charge in [0.2, 0.25) is 5.69 Å². The van der Waals surface area contributed by atoms with Crippen molar-refractivity contribution in [3.05, 3.63) is 83.6 Å². The highest BCUT2D eigenvalue weighted by Gasteiger charge is 2.44. The molecule has 1 aliphatic rings. The van der Waals surface area contributed by atoms with Crippen molar-refractivity contribution in [2.75, 3.05) is 25.1 Å². The minimum Gasteiger partial charge on any atom is -0.345 e. The van der Waals surface area contributed by atoms with Crippen LogP contribution in [0.2, 0.25) is 0 Å². The molecule has 11 heteroatoms. The van der Waals surface area contributed by atoms with Gasteiger partial charge in [0.1, 0.15) is 12.8 Å². The van der Waals surface area contributed by atoms with Crippen molar-refractivity contribution in [2.45, 2.75) is 75.5 Å². The number of hydrogen-bond donors (Lipinski definition) is 1. The van der Waals surface area contributed by atoms with Crippen LogP contribution < -0.4 is 4.90 Å². The summed E-state index contributed by atoms with van der Waals surface area (Å²) < 4.78 is 64.3. The van der Waals surface area contributed by atoms with Crippen molar-refractivity contribution < 1.29 is 34.9 Å². The van der Waals surface area contributed by atoms with Crippen LogP contribution in [0.1, 0.15) is 64.5 Å². The molecule has 9 nitrogen and oxygen atoms in total. The van der Waals surface area contributed by atoms with Gasteiger partial charge in [-0.05, 0) is 89.4 Å². The number of benzene rings is 2. The predicted octanol–water partition coefficient (Wildman–Crippen LogP) is 6.26. The lowest BCUT2D eigenvalue weighted by Gasteiger charge is -2.27. The molecule has 0 saturated heterocycles. The topological polar surface area (TPSA) is 121 Å². The Balaban J connectivity index is 1.87. The molecule has 0 atom stereocenters. The number of hydrogen-bond acceptors (Lipinski definition) is 7. The van der Waals surface area contributed by atoms with Gasteiger partial charge in [-0.1, -0.05) is 24.6 Å². The number of carbonyl (C=O) groups is 1. The molecule has 0 aromatic heterocycles. The van der Waals surface area contributed by atoms with Crippen molar-refractivity contribution in [1.29, 1.82) is 0 Å². The highest BCUT2D eigenvalue weighted by Crippen LogP contribution is 2.41. The van der Waals surface area contributed by atoms with Gasteiger partial charge < -0.3 is 9.69 Å². The molecule has 1 heterocycles. The first-order valence-electron chi connectivity index (χ1n) is 14.6. The fourth-order valence-corrected chi connectivity index (χ4v) is 6.75. The van der Waals surface area contributed by atoms with Crippen LogP contribution in [0.15, 0.2) is 82.3 Å². The first kappa shape index (κ1) is 35.1. The monoisotopic (exact) mass is 643 g/mol. The third-order valence-electron chi connectivity index (χ3n) is 7.89. The Morgan fingerprint density at radius 2 is 1.70 bits per heavy atom. The zero-order valence-electron chi connectivity index (χ0n) is 26.3. The molecule has 0 fully saturated rings. The van der Waals surface area contributed by atoms with E-state index in [2.05, 4.69) is 30.2 Å². The van der Waals surface area contributed by atoms with E-state index >= 15 is 0 Å². The molecule has 0 aliphatic carbocycles. The normalized spacial score (nSPS) is 15.4. The van der Waals surface area contributed by atoms with Crippen LogP contribution in [-0.4, -0.2) is 58.2 Å². The minimum absolute atomic E-state index is 0.129. The molecule has 0 amide bonds. The summed E-state index contributed by atoms with van der Waals surface area (Å²) in [6, 6.07) is 9.65. The van der Waals surface area contributed by atoms with Crippen LogP contribution in [0.5, 0.6) is 0 Å². The maximum Gasteiger partial charge on any atom is 0.296 e. The molecule has 0 spiro atoms. The van der Waals surface area contributed by atoms with Gasteiger partial charge in [0.25, 0.3) is 20.2 Å². The Hall–Kier alpha value is -3.38. The predicted molar refractivity (Wildman–Crippen MR) is 174 cm³/mol. The Labute approximate surface area is 262 Å². The van der Waals surface area contributed by atoms with Gasteiger partial charge in [0.05, 0.1) is 22.3 Å². The molecule has 1 N–H and O–H groups in total. The van der Waals surface area contributed by atoms with Crippen LogP contribution in [0.4, 0.5) is 11.4 Å². The van der Waals surface area contributed by atoms with E-state index in [0.717, 1.165) is 61.0 Å². The summed E-state index contributed by atoms with van der Waals surface area (Å²) in [5.41, 5.74) is 4.97. The first-order valence-corrected chi connectivity index (χ1v) is 17.4. The zero-order chi connectivity index (χ0) is 32.7.